The van der Waals surface area contributed by atoms with E-state index in [9.17, 15) is 10.1 Å². The minimum absolute atomic E-state index is 0.356. The summed E-state index contributed by atoms with van der Waals surface area (Å²) in [5.74, 6) is 0. The van der Waals surface area contributed by atoms with Crippen LogP contribution in [-0.4, -0.2) is 11.3 Å². The molecule has 0 radical (unpaired) electrons. The summed E-state index contributed by atoms with van der Waals surface area (Å²) >= 11 is 3.30. The molecule has 0 bridgehead atoms. The van der Waals surface area contributed by atoms with Gasteiger partial charge in [0.15, 0.2) is 0 Å². The molecule has 0 unspecified atom stereocenters. The van der Waals surface area contributed by atoms with Crippen molar-refractivity contribution in [3.8, 4) is 0 Å². The molecule has 0 aliphatic heterocycles. The van der Waals surface area contributed by atoms with Gasteiger partial charge < -0.3 is 15.3 Å². The van der Waals surface area contributed by atoms with Crippen LogP contribution >= 0.6 is 15.9 Å². The Balaban J connectivity index is 2.46. The number of benzene rings is 1. The molecular formula is C14H18BrN3O2. The van der Waals surface area contributed by atoms with Crippen molar-refractivity contribution in [2.75, 3.05) is 6.54 Å². The van der Waals surface area contributed by atoms with E-state index in [1.165, 1.54) is 0 Å². The first kappa shape index (κ1) is 15.0. The Bertz CT molecular complexity index is 655. The number of fused-ring (bicyclic) bond motifs is 1. The quantitative estimate of drug-likeness (QED) is 0.500. The molecule has 1 aromatic carbocycles. The lowest BCUT2D eigenvalue weighted by atomic mass is 10.2. The molecule has 0 amide bonds. The summed E-state index contributed by atoms with van der Waals surface area (Å²) in [4.78, 5) is 12.4. The molecule has 0 fully saturated rings. The number of halogens is 1. The first-order valence-corrected chi connectivity index (χ1v) is 7.85. The lowest BCUT2D eigenvalue weighted by Gasteiger charge is -2.17. The Hall–Kier alpha value is -1.40. The smallest absolute Gasteiger partial charge is 0.286 e. The Morgan fingerprint density at radius 2 is 2.15 bits per heavy atom. The summed E-state index contributed by atoms with van der Waals surface area (Å²) in [5, 5.41) is 15.9. The summed E-state index contributed by atoms with van der Waals surface area (Å²) in [6.45, 7) is 3.35. The minimum Gasteiger partial charge on any atom is -0.805 e. The van der Waals surface area contributed by atoms with Gasteiger partial charge in [0.2, 0.25) is 0 Å². The van der Waals surface area contributed by atoms with Crippen LogP contribution in [0.4, 0.5) is 0 Å². The van der Waals surface area contributed by atoms with Gasteiger partial charge in [-0.15, -0.1) is 0 Å². The van der Waals surface area contributed by atoms with Crippen LogP contribution in [0.5, 0.6) is 0 Å². The second-order valence-electron chi connectivity index (χ2n) is 4.63. The number of nitrogens with one attached hydrogen (secondary N) is 1. The first-order valence-electron chi connectivity index (χ1n) is 6.73. The highest BCUT2D eigenvalue weighted by atomic mass is 79.9. The van der Waals surface area contributed by atoms with E-state index in [0.717, 1.165) is 28.5 Å². The Labute approximate surface area is 125 Å². The molecule has 0 aliphatic rings. The van der Waals surface area contributed by atoms with Gasteiger partial charge in [-0.25, -0.2) is 0 Å². The van der Waals surface area contributed by atoms with Crippen molar-refractivity contribution < 1.29 is 4.43 Å². The summed E-state index contributed by atoms with van der Waals surface area (Å²) < 4.78 is 1.70. The molecule has 1 N–H and O–H groups in total. The van der Waals surface area contributed by atoms with E-state index >= 15 is 0 Å². The maximum absolute atomic E-state index is 12.4. The number of nitrogens with zero attached hydrogens (tertiary/aromatic N) is 2. The second-order valence-corrected chi connectivity index (χ2v) is 5.20. The summed E-state index contributed by atoms with van der Waals surface area (Å²) in [7, 11) is 0. The lowest BCUT2D eigenvalue weighted by Crippen LogP contribution is -2.31. The van der Waals surface area contributed by atoms with Crippen molar-refractivity contribution in [1.29, 1.82) is 0 Å². The third-order valence-electron chi connectivity index (χ3n) is 3.27. The third kappa shape index (κ3) is 2.86. The van der Waals surface area contributed by atoms with Crippen LogP contribution in [0.1, 0.15) is 31.2 Å². The zero-order chi connectivity index (χ0) is 14.5. The molecule has 1 aromatic heterocycles. The van der Waals surface area contributed by atoms with E-state index < -0.39 is 0 Å². The van der Waals surface area contributed by atoms with Crippen molar-refractivity contribution in [1.82, 2.24) is 10.0 Å². The highest BCUT2D eigenvalue weighted by Gasteiger charge is 2.20. The van der Waals surface area contributed by atoms with Gasteiger partial charge in [0.1, 0.15) is 5.52 Å². The first-order chi connectivity index (χ1) is 9.70. The number of aromatic nitrogens is 2. The number of hydrogen-bond acceptors (Lipinski definition) is 3. The van der Waals surface area contributed by atoms with Crippen LogP contribution in [-0.2, 0) is 11.9 Å². The summed E-state index contributed by atoms with van der Waals surface area (Å²) in [6.07, 6.45) is 2.14. The molecule has 108 valence electrons. The molecule has 5 nitrogen and oxygen atoms in total. The van der Waals surface area contributed by atoms with Crippen LogP contribution in [0.3, 0.4) is 0 Å². The van der Waals surface area contributed by atoms with E-state index in [4.69, 9.17) is 0 Å². The monoisotopic (exact) mass is 339 g/mol. The van der Waals surface area contributed by atoms with Crippen LogP contribution in [0, 0.1) is 10.1 Å². The van der Waals surface area contributed by atoms with Crippen LogP contribution in [0.15, 0.2) is 24.3 Å². The molecule has 1 heterocycles. The summed E-state index contributed by atoms with van der Waals surface area (Å²) in [5.41, 5.74) is 1.74. The highest BCUT2D eigenvalue weighted by Crippen LogP contribution is 2.16. The third-order valence-corrected chi connectivity index (χ3v) is 3.80. The molecule has 6 heteroatoms. The molecule has 0 saturated heterocycles. The topological polar surface area (TPSA) is 63.0 Å². The van der Waals surface area contributed by atoms with Crippen LogP contribution < -0.4 is 9.74 Å². The molecule has 0 aliphatic carbocycles. The van der Waals surface area contributed by atoms with Crippen molar-refractivity contribution >= 4 is 27.0 Å². The van der Waals surface area contributed by atoms with Crippen molar-refractivity contribution in [3.63, 3.8) is 0 Å². The van der Waals surface area contributed by atoms with Crippen LogP contribution in [0.25, 0.3) is 11.0 Å². The average Bonchev–Trinajstić information content (AvgIpc) is 2.48. The largest absolute Gasteiger partial charge is 0.805 e. The molecule has 0 spiro atoms. The Morgan fingerprint density at radius 3 is 2.85 bits per heavy atom. The van der Waals surface area contributed by atoms with Gasteiger partial charge >= 0.3 is 0 Å². The SMILES string of the molecule is CCCCNCc1c(CBr)n([O-])c2ccccc2[n+]1=O. The lowest BCUT2D eigenvalue weighted by molar-refractivity contribution is -0.476. The highest BCUT2D eigenvalue weighted by molar-refractivity contribution is 9.08. The number of unbranched alkanes of at least 4 members (excludes halogenated alkanes) is 1. The minimum atomic E-state index is 0.356. The molecule has 2 aromatic rings. The molecule has 0 atom stereocenters. The predicted octanol–water partition coefficient (Wildman–Crippen LogP) is 2.69. The van der Waals surface area contributed by atoms with Gasteiger partial charge in [0, 0.05) is 16.3 Å². The van der Waals surface area contributed by atoms with Gasteiger partial charge in [0.25, 0.3) is 11.2 Å². The van der Waals surface area contributed by atoms with Crippen molar-refractivity contribution in [2.45, 2.75) is 31.6 Å². The summed E-state index contributed by atoms with van der Waals surface area (Å²) in [6, 6.07) is 6.86. The average molecular weight is 340 g/mol. The van der Waals surface area contributed by atoms with Crippen LogP contribution in [0.2, 0.25) is 0 Å². The van der Waals surface area contributed by atoms with Gasteiger partial charge in [-0.05, 0) is 19.0 Å². The fraction of sp³-hybridized carbons (Fsp3) is 0.429. The molecular weight excluding hydrogens is 322 g/mol. The van der Waals surface area contributed by atoms with Gasteiger partial charge in [-0.3, -0.25) is 0 Å². The van der Waals surface area contributed by atoms with E-state index in [-0.39, 0.29) is 0 Å². The van der Waals surface area contributed by atoms with E-state index in [0.29, 0.717) is 34.3 Å². The predicted molar refractivity (Wildman–Crippen MR) is 83.3 cm³/mol. The van der Waals surface area contributed by atoms with Gasteiger partial charge in [0.05, 0.1) is 16.7 Å². The van der Waals surface area contributed by atoms with E-state index in [2.05, 4.69) is 28.2 Å². The fourth-order valence-electron chi connectivity index (χ4n) is 2.15. The number of rotatable bonds is 6. The Kier molecular flexibility index (Phi) is 5.14. The maximum atomic E-state index is 12.4. The van der Waals surface area contributed by atoms with Gasteiger partial charge in [-0.1, -0.05) is 41.4 Å². The number of para-hydroxylation sites is 2. The normalized spacial score (nSPS) is 11.1. The van der Waals surface area contributed by atoms with E-state index in [1.54, 1.807) is 24.3 Å². The van der Waals surface area contributed by atoms with Crippen molar-refractivity contribution in [2.24, 2.45) is 0 Å². The zero-order valence-electron chi connectivity index (χ0n) is 11.4. The molecule has 0 saturated carbocycles. The zero-order valence-corrected chi connectivity index (χ0v) is 13.0. The number of alkyl halides is 1. The molecule has 20 heavy (non-hydrogen) atoms. The van der Waals surface area contributed by atoms with Crippen molar-refractivity contribution in [3.05, 3.63) is 45.8 Å². The second kappa shape index (κ2) is 6.85. The maximum Gasteiger partial charge on any atom is 0.286 e. The van der Waals surface area contributed by atoms with E-state index in [1.807, 2.05) is 0 Å². The number of hydrogen-bond donors (Lipinski definition) is 1. The standard InChI is InChI=1S/C14H18BrN3O2/c1-2-3-8-16-10-14-13(9-15)17(19)11-6-4-5-7-12(11)18(14)20/h4-7,16H,2-3,8-10H2,1H3. The fourth-order valence-corrected chi connectivity index (χ4v) is 2.70. The Morgan fingerprint density at radius 1 is 1.40 bits per heavy atom. The van der Waals surface area contributed by atoms with Gasteiger partial charge in [-0.2, -0.15) is 0 Å². The molecule has 2 rings (SSSR count).